The molecule has 0 fully saturated rings. The summed E-state index contributed by atoms with van der Waals surface area (Å²) >= 11 is 0. The number of nitrogens with zero attached hydrogens (tertiary/aromatic N) is 4. The Morgan fingerprint density at radius 1 is 0.656 bits per heavy atom. The van der Waals surface area contributed by atoms with Crippen LogP contribution in [-0.2, 0) is 0 Å². The second kappa shape index (κ2) is 10.5. The molecular weight excluding hydrogens is 398 g/mol. The molecule has 158 valence electrons. The summed E-state index contributed by atoms with van der Waals surface area (Å²) in [6, 6.07) is 29.5. The van der Waals surface area contributed by atoms with Gasteiger partial charge in [0.05, 0.1) is 6.21 Å². The van der Waals surface area contributed by atoms with E-state index < -0.39 is 0 Å². The van der Waals surface area contributed by atoms with Crippen molar-refractivity contribution < 1.29 is 0 Å². The summed E-state index contributed by atoms with van der Waals surface area (Å²) in [5.74, 6) is 1.12. The smallest absolute Gasteiger partial charge is 0.250 e. The van der Waals surface area contributed by atoms with Crippen molar-refractivity contribution >= 4 is 41.5 Å². The van der Waals surface area contributed by atoms with Gasteiger partial charge in [-0.05, 0) is 42.3 Å². The van der Waals surface area contributed by atoms with E-state index in [0.29, 0.717) is 17.8 Å². The molecule has 3 aromatic carbocycles. The van der Waals surface area contributed by atoms with Gasteiger partial charge in [-0.3, -0.25) is 0 Å². The number of hydrogen-bond acceptors (Lipinski definition) is 7. The molecule has 0 aliphatic carbocycles. The molecule has 1 aromatic heterocycles. The number of aromatic nitrogens is 3. The first-order valence-corrected chi connectivity index (χ1v) is 10.2. The van der Waals surface area contributed by atoms with Crippen LogP contribution in [0.5, 0.6) is 0 Å². The van der Waals surface area contributed by atoms with Crippen LogP contribution in [0.4, 0.5) is 29.2 Å². The van der Waals surface area contributed by atoms with Crippen LogP contribution in [0.25, 0.3) is 6.08 Å². The van der Waals surface area contributed by atoms with Gasteiger partial charge in [0.1, 0.15) is 0 Å². The number of nitrogens with one attached hydrogen (secondary N) is 3. The number of para-hydroxylation sites is 2. The Bertz CT molecular complexity index is 1130. The minimum Gasteiger partial charge on any atom is -0.324 e. The zero-order valence-corrected chi connectivity index (χ0v) is 17.6. The highest BCUT2D eigenvalue weighted by molar-refractivity contribution is 5.85. The maximum atomic E-state index is 4.48. The van der Waals surface area contributed by atoms with Gasteiger partial charge in [0.25, 0.3) is 0 Å². The van der Waals surface area contributed by atoms with E-state index in [1.165, 1.54) is 0 Å². The van der Waals surface area contributed by atoms with Crippen molar-refractivity contribution in [3.63, 3.8) is 0 Å². The number of rotatable bonds is 8. The molecule has 0 saturated carbocycles. The van der Waals surface area contributed by atoms with Crippen molar-refractivity contribution in [3.8, 4) is 0 Å². The van der Waals surface area contributed by atoms with Crippen molar-refractivity contribution in [1.29, 1.82) is 0 Å². The van der Waals surface area contributed by atoms with Gasteiger partial charge in [-0.15, -0.1) is 0 Å². The fraction of sp³-hybridized carbons (Fsp3) is 0.0400. The number of hydrazone groups is 1. The van der Waals surface area contributed by atoms with E-state index in [2.05, 4.69) is 36.1 Å². The molecule has 7 heteroatoms. The van der Waals surface area contributed by atoms with Gasteiger partial charge >= 0.3 is 0 Å². The highest BCUT2D eigenvalue weighted by Crippen LogP contribution is 2.18. The van der Waals surface area contributed by atoms with Gasteiger partial charge in [-0.25, -0.2) is 5.43 Å². The van der Waals surface area contributed by atoms with Crippen molar-refractivity contribution in [2.75, 3.05) is 16.1 Å². The maximum absolute atomic E-state index is 4.48. The fourth-order valence-electron chi connectivity index (χ4n) is 2.88. The van der Waals surface area contributed by atoms with Crippen LogP contribution in [0.2, 0.25) is 0 Å². The predicted octanol–water partition coefficient (Wildman–Crippen LogP) is 5.86. The lowest BCUT2D eigenvalue weighted by Gasteiger charge is -2.10. The van der Waals surface area contributed by atoms with Crippen molar-refractivity contribution in [1.82, 2.24) is 15.0 Å². The summed E-state index contributed by atoms with van der Waals surface area (Å²) < 4.78 is 0. The molecule has 0 amide bonds. The molecule has 0 aliphatic rings. The zero-order chi connectivity index (χ0) is 22.0. The summed E-state index contributed by atoms with van der Waals surface area (Å²) in [6.07, 6.45) is 3.77. The van der Waals surface area contributed by atoms with E-state index in [-0.39, 0.29) is 0 Å². The fourth-order valence-corrected chi connectivity index (χ4v) is 2.88. The molecule has 1 heterocycles. The third-order valence-electron chi connectivity index (χ3n) is 4.32. The van der Waals surface area contributed by atoms with Crippen LogP contribution >= 0.6 is 0 Å². The third-order valence-corrected chi connectivity index (χ3v) is 4.32. The highest BCUT2D eigenvalue weighted by atomic mass is 15.4. The van der Waals surface area contributed by atoms with Crippen LogP contribution < -0.4 is 16.1 Å². The minimum absolute atomic E-state index is 0.320. The summed E-state index contributed by atoms with van der Waals surface area (Å²) in [5, 5.41) is 10.7. The van der Waals surface area contributed by atoms with E-state index in [1.54, 1.807) is 6.21 Å². The standard InChI is InChI=1S/C25H23N7/c1-19(17-20-11-5-2-6-12-20)18-26-32-25-30-23(27-21-13-7-3-8-14-21)29-24(31-25)28-22-15-9-4-10-16-22/h2-18H,1H3,(H3,27,28,29,30,31,32)/b19-17+,26-18+. The highest BCUT2D eigenvalue weighted by Gasteiger charge is 2.07. The second-order valence-electron chi connectivity index (χ2n) is 6.96. The number of hydrogen-bond donors (Lipinski definition) is 3. The van der Waals surface area contributed by atoms with Gasteiger partial charge in [0.2, 0.25) is 17.8 Å². The molecule has 0 bridgehead atoms. The first kappa shape index (κ1) is 20.7. The lowest BCUT2D eigenvalue weighted by Crippen LogP contribution is -2.07. The van der Waals surface area contributed by atoms with Crippen LogP contribution in [0.15, 0.2) is 102 Å². The Morgan fingerprint density at radius 2 is 1.12 bits per heavy atom. The van der Waals surface area contributed by atoms with E-state index >= 15 is 0 Å². The zero-order valence-electron chi connectivity index (χ0n) is 17.6. The van der Waals surface area contributed by atoms with Gasteiger partial charge < -0.3 is 10.6 Å². The Labute approximate surface area is 187 Å². The van der Waals surface area contributed by atoms with Crippen molar-refractivity contribution in [2.24, 2.45) is 5.10 Å². The Morgan fingerprint density at radius 3 is 1.66 bits per heavy atom. The largest absolute Gasteiger partial charge is 0.324 e. The number of anilines is 5. The predicted molar refractivity (Wildman–Crippen MR) is 131 cm³/mol. The molecule has 0 spiro atoms. The maximum Gasteiger partial charge on any atom is 0.250 e. The van der Waals surface area contributed by atoms with Crippen molar-refractivity contribution in [2.45, 2.75) is 6.92 Å². The van der Waals surface area contributed by atoms with Crippen LogP contribution in [0.1, 0.15) is 12.5 Å². The van der Waals surface area contributed by atoms with E-state index in [1.807, 2.05) is 104 Å². The monoisotopic (exact) mass is 421 g/mol. The van der Waals surface area contributed by atoms with Gasteiger partial charge in [0.15, 0.2) is 0 Å². The molecule has 0 unspecified atom stereocenters. The number of allylic oxidation sites excluding steroid dienone is 1. The lowest BCUT2D eigenvalue weighted by atomic mass is 10.1. The Hall–Kier alpha value is -4.52. The number of benzene rings is 3. The van der Waals surface area contributed by atoms with E-state index in [0.717, 1.165) is 22.5 Å². The first-order valence-electron chi connectivity index (χ1n) is 10.2. The molecule has 4 aromatic rings. The average Bonchev–Trinajstić information content (AvgIpc) is 2.81. The van der Waals surface area contributed by atoms with Crippen LogP contribution in [0, 0.1) is 0 Å². The van der Waals surface area contributed by atoms with Gasteiger partial charge in [0, 0.05) is 11.4 Å². The Kier molecular flexibility index (Phi) is 6.80. The van der Waals surface area contributed by atoms with Crippen molar-refractivity contribution in [3.05, 3.63) is 102 Å². The summed E-state index contributed by atoms with van der Waals surface area (Å²) in [4.78, 5) is 13.3. The molecular formula is C25H23N7. The average molecular weight is 422 g/mol. The van der Waals surface area contributed by atoms with Crippen LogP contribution in [0.3, 0.4) is 0 Å². The third kappa shape index (κ3) is 6.24. The second-order valence-corrected chi connectivity index (χ2v) is 6.96. The SMILES string of the molecule is CC(/C=N/Nc1nc(Nc2ccccc2)nc(Nc2ccccc2)n1)=C\c1ccccc1. The topological polar surface area (TPSA) is 87.1 Å². The lowest BCUT2D eigenvalue weighted by molar-refractivity contribution is 1.04. The van der Waals surface area contributed by atoms with Gasteiger partial charge in [-0.1, -0.05) is 72.8 Å². The van der Waals surface area contributed by atoms with Gasteiger partial charge in [-0.2, -0.15) is 20.1 Å². The summed E-state index contributed by atoms with van der Waals surface area (Å²) in [6.45, 7) is 1.98. The van der Waals surface area contributed by atoms with E-state index in [4.69, 9.17) is 0 Å². The quantitative estimate of drug-likeness (QED) is 0.244. The molecule has 0 atom stereocenters. The molecule has 0 saturated heterocycles. The molecule has 3 N–H and O–H groups in total. The normalized spacial score (nSPS) is 11.3. The van der Waals surface area contributed by atoms with Crippen LogP contribution in [-0.4, -0.2) is 21.2 Å². The first-order chi connectivity index (χ1) is 15.7. The summed E-state index contributed by atoms with van der Waals surface area (Å²) in [7, 11) is 0. The molecule has 32 heavy (non-hydrogen) atoms. The van der Waals surface area contributed by atoms with E-state index in [9.17, 15) is 0 Å². The molecule has 0 aliphatic heterocycles. The molecule has 4 rings (SSSR count). The molecule has 7 nitrogen and oxygen atoms in total. The minimum atomic E-state index is 0.320. The molecule has 0 radical (unpaired) electrons. The Balaban J connectivity index is 1.53. The summed E-state index contributed by atoms with van der Waals surface area (Å²) in [5.41, 5.74) is 6.75.